The van der Waals surface area contributed by atoms with Crippen molar-refractivity contribution in [1.82, 2.24) is 0 Å². The van der Waals surface area contributed by atoms with E-state index in [9.17, 15) is 10.1 Å². The number of carbonyl (C=O) groups is 1. The number of methoxy groups -OCH3 is 1. The van der Waals surface area contributed by atoms with Crippen molar-refractivity contribution >= 4 is 29.3 Å². The smallest absolute Gasteiger partial charge is 0.266 e. The maximum atomic E-state index is 12.3. The third-order valence-electron chi connectivity index (χ3n) is 3.52. The van der Waals surface area contributed by atoms with Gasteiger partial charge in [-0.3, -0.25) is 4.79 Å². The van der Waals surface area contributed by atoms with Crippen molar-refractivity contribution in [3.05, 3.63) is 63.7 Å². The number of nitrogens with one attached hydrogen (secondary N) is 1. The molecule has 0 aromatic heterocycles. The van der Waals surface area contributed by atoms with Crippen molar-refractivity contribution in [3.8, 4) is 11.8 Å². The molecule has 0 spiro atoms. The quantitative estimate of drug-likeness (QED) is 0.658. The Balaban J connectivity index is 2.23. The lowest BCUT2D eigenvalue weighted by molar-refractivity contribution is -0.112. The highest BCUT2D eigenvalue weighted by Crippen LogP contribution is 2.22. The van der Waals surface area contributed by atoms with Crippen molar-refractivity contribution in [2.75, 3.05) is 12.4 Å². The molecule has 0 saturated carbocycles. The van der Waals surface area contributed by atoms with Gasteiger partial charge in [0.1, 0.15) is 17.4 Å². The molecule has 0 fully saturated rings. The number of ether oxygens (including phenoxy) is 1. The average Bonchev–Trinajstić information content (AvgIpc) is 2.56. The number of halogens is 1. The number of carbonyl (C=O) groups excluding carboxylic acids is 1. The largest absolute Gasteiger partial charge is 0.496 e. The van der Waals surface area contributed by atoms with Gasteiger partial charge in [0.25, 0.3) is 5.91 Å². The molecule has 1 N–H and O–H groups in total. The monoisotopic (exact) mass is 340 g/mol. The van der Waals surface area contributed by atoms with Crippen molar-refractivity contribution in [2.24, 2.45) is 0 Å². The molecule has 0 aliphatic heterocycles. The van der Waals surface area contributed by atoms with Gasteiger partial charge in [-0.25, -0.2) is 0 Å². The first-order valence-corrected chi connectivity index (χ1v) is 7.66. The van der Waals surface area contributed by atoms with Gasteiger partial charge >= 0.3 is 0 Å². The Bertz CT molecular complexity index is 851. The van der Waals surface area contributed by atoms with Crippen LogP contribution in [-0.2, 0) is 4.79 Å². The Hall–Kier alpha value is -2.77. The first kappa shape index (κ1) is 17.6. The summed E-state index contributed by atoms with van der Waals surface area (Å²) < 4.78 is 5.20. The number of hydrogen-bond acceptors (Lipinski definition) is 3. The number of anilines is 1. The van der Waals surface area contributed by atoms with Crippen LogP contribution >= 0.6 is 11.6 Å². The summed E-state index contributed by atoms with van der Waals surface area (Å²) in [7, 11) is 1.60. The van der Waals surface area contributed by atoms with Crippen LogP contribution in [0.5, 0.6) is 5.75 Å². The molecule has 5 heteroatoms. The zero-order valence-corrected chi connectivity index (χ0v) is 14.4. The van der Waals surface area contributed by atoms with E-state index in [4.69, 9.17) is 16.3 Å². The first-order valence-electron chi connectivity index (χ1n) is 7.28. The molecule has 1 amide bonds. The van der Waals surface area contributed by atoms with Gasteiger partial charge in [-0.2, -0.15) is 5.26 Å². The maximum absolute atomic E-state index is 12.3. The predicted molar refractivity (Wildman–Crippen MR) is 96.1 cm³/mol. The van der Waals surface area contributed by atoms with E-state index in [2.05, 4.69) is 5.32 Å². The fourth-order valence-corrected chi connectivity index (χ4v) is 2.36. The topological polar surface area (TPSA) is 62.1 Å². The zero-order chi connectivity index (χ0) is 17.7. The molecule has 0 aliphatic carbocycles. The highest BCUT2D eigenvalue weighted by atomic mass is 35.5. The zero-order valence-electron chi connectivity index (χ0n) is 13.7. The second-order valence-corrected chi connectivity index (χ2v) is 5.72. The molecular formula is C19H17ClN2O2. The summed E-state index contributed by atoms with van der Waals surface area (Å²) in [6, 6.07) is 12.6. The number of aryl methyl sites for hydroxylation is 2. The van der Waals surface area contributed by atoms with E-state index in [1.54, 1.807) is 37.4 Å². The van der Waals surface area contributed by atoms with E-state index < -0.39 is 5.91 Å². The van der Waals surface area contributed by atoms with E-state index in [0.717, 1.165) is 22.4 Å². The SMILES string of the molecule is COc1ccc(/C=C(\C#N)C(=O)Nc2ccc(C)c(Cl)c2)cc1C. The highest BCUT2D eigenvalue weighted by Gasteiger charge is 2.10. The van der Waals surface area contributed by atoms with Crippen LogP contribution in [0.4, 0.5) is 5.69 Å². The lowest BCUT2D eigenvalue weighted by Crippen LogP contribution is -2.13. The average molecular weight is 341 g/mol. The van der Waals surface area contributed by atoms with Crippen molar-refractivity contribution in [3.63, 3.8) is 0 Å². The molecule has 0 unspecified atom stereocenters. The van der Waals surface area contributed by atoms with Crippen LogP contribution in [-0.4, -0.2) is 13.0 Å². The minimum Gasteiger partial charge on any atom is -0.496 e. The summed E-state index contributed by atoms with van der Waals surface area (Å²) in [6.45, 7) is 3.77. The second kappa shape index (κ2) is 7.67. The van der Waals surface area contributed by atoms with E-state index in [0.29, 0.717) is 10.7 Å². The number of nitrogens with zero attached hydrogens (tertiary/aromatic N) is 1. The molecule has 0 aliphatic rings. The normalized spacial score (nSPS) is 10.9. The first-order chi connectivity index (χ1) is 11.4. The maximum Gasteiger partial charge on any atom is 0.266 e. The molecule has 2 aromatic rings. The third-order valence-corrected chi connectivity index (χ3v) is 3.93. The summed E-state index contributed by atoms with van der Waals surface area (Å²) >= 11 is 6.04. The number of rotatable bonds is 4. The molecular weight excluding hydrogens is 324 g/mol. The Morgan fingerprint density at radius 3 is 2.54 bits per heavy atom. The Morgan fingerprint density at radius 2 is 1.96 bits per heavy atom. The molecule has 122 valence electrons. The van der Waals surface area contributed by atoms with Crippen LogP contribution in [0.1, 0.15) is 16.7 Å². The molecule has 0 saturated heterocycles. The standard InChI is InChI=1S/C19H17ClN2O2/c1-12-4-6-16(10-17(12)20)22-19(23)15(11-21)9-14-5-7-18(24-3)13(2)8-14/h4-10H,1-3H3,(H,22,23)/b15-9+. The highest BCUT2D eigenvalue weighted by molar-refractivity contribution is 6.31. The van der Waals surface area contributed by atoms with Crippen LogP contribution in [0.3, 0.4) is 0 Å². The molecule has 0 bridgehead atoms. The van der Waals surface area contributed by atoms with Gasteiger partial charge in [0.2, 0.25) is 0 Å². The summed E-state index contributed by atoms with van der Waals surface area (Å²) in [5.41, 5.74) is 3.15. The predicted octanol–water partition coefficient (Wildman–Crippen LogP) is 4.51. The van der Waals surface area contributed by atoms with Crippen LogP contribution in [0.15, 0.2) is 42.0 Å². The minimum absolute atomic E-state index is 0.0104. The van der Waals surface area contributed by atoms with Crippen LogP contribution in [0.25, 0.3) is 6.08 Å². The summed E-state index contributed by atoms with van der Waals surface area (Å²) in [4.78, 5) is 12.3. The van der Waals surface area contributed by atoms with E-state index in [1.165, 1.54) is 6.08 Å². The second-order valence-electron chi connectivity index (χ2n) is 5.32. The van der Waals surface area contributed by atoms with Gasteiger partial charge in [0.15, 0.2) is 0 Å². The van der Waals surface area contributed by atoms with E-state index in [1.807, 2.05) is 26.0 Å². The summed E-state index contributed by atoms with van der Waals surface area (Å²) in [6.07, 6.45) is 1.54. The molecule has 0 atom stereocenters. The molecule has 0 radical (unpaired) electrons. The Kier molecular flexibility index (Phi) is 5.62. The lowest BCUT2D eigenvalue weighted by Gasteiger charge is -2.07. The number of benzene rings is 2. The van der Waals surface area contributed by atoms with Crippen molar-refractivity contribution in [2.45, 2.75) is 13.8 Å². The van der Waals surface area contributed by atoms with Crippen LogP contribution < -0.4 is 10.1 Å². The van der Waals surface area contributed by atoms with Gasteiger partial charge in [-0.15, -0.1) is 0 Å². The van der Waals surface area contributed by atoms with Crippen LogP contribution in [0.2, 0.25) is 5.02 Å². The van der Waals surface area contributed by atoms with Gasteiger partial charge in [-0.05, 0) is 60.9 Å². The van der Waals surface area contributed by atoms with Crippen molar-refractivity contribution in [1.29, 1.82) is 5.26 Å². The van der Waals surface area contributed by atoms with E-state index in [-0.39, 0.29) is 5.57 Å². The molecule has 24 heavy (non-hydrogen) atoms. The third kappa shape index (κ3) is 4.15. The van der Waals surface area contributed by atoms with Gasteiger partial charge < -0.3 is 10.1 Å². The Labute approximate surface area is 146 Å². The lowest BCUT2D eigenvalue weighted by atomic mass is 10.1. The van der Waals surface area contributed by atoms with Gasteiger partial charge in [0.05, 0.1) is 7.11 Å². The molecule has 0 heterocycles. The van der Waals surface area contributed by atoms with Gasteiger partial charge in [0, 0.05) is 10.7 Å². The fourth-order valence-electron chi connectivity index (χ4n) is 2.18. The van der Waals surface area contributed by atoms with Crippen LogP contribution in [0, 0.1) is 25.2 Å². The summed E-state index contributed by atoms with van der Waals surface area (Å²) in [5, 5.41) is 12.5. The molecule has 2 aromatic carbocycles. The minimum atomic E-state index is -0.481. The fraction of sp³-hybridized carbons (Fsp3) is 0.158. The number of amides is 1. The Morgan fingerprint density at radius 1 is 1.21 bits per heavy atom. The number of hydrogen-bond donors (Lipinski definition) is 1. The van der Waals surface area contributed by atoms with E-state index >= 15 is 0 Å². The summed E-state index contributed by atoms with van der Waals surface area (Å²) in [5.74, 6) is 0.273. The van der Waals surface area contributed by atoms with Gasteiger partial charge in [-0.1, -0.05) is 23.7 Å². The molecule has 2 rings (SSSR count). The number of nitriles is 1. The van der Waals surface area contributed by atoms with Crippen molar-refractivity contribution < 1.29 is 9.53 Å². The molecule has 4 nitrogen and oxygen atoms in total.